The van der Waals surface area contributed by atoms with Crippen LogP contribution in [0.3, 0.4) is 0 Å². The van der Waals surface area contributed by atoms with Crippen molar-refractivity contribution in [3.8, 4) is 5.00 Å². The molecule has 6 aliphatic rings. The number of aliphatic carboxylic acids is 1. The molecule has 6 aliphatic heterocycles. The van der Waals surface area contributed by atoms with Gasteiger partial charge in [-0.2, -0.15) is 0 Å². The molecule has 20 N–H and O–H groups in total. The van der Waals surface area contributed by atoms with E-state index < -0.39 is 170 Å². The van der Waals surface area contributed by atoms with Crippen molar-refractivity contribution in [3.63, 3.8) is 0 Å². The van der Waals surface area contributed by atoms with Gasteiger partial charge in [-0.05, 0) is 37.1 Å². The zero-order valence-corrected chi connectivity index (χ0v) is 64.0. The average molecular weight is 1570 g/mol. The monoisotopic (exact) mass is 1570 g/mol. The number of carboxylic acids is 1. The number of carbonyl (C=O) groups is 8. The number of amides is 7. The Balaban J connectivity index is 0.00000109. The van der Waals surface area contributed by atoms with Gasteiger partial charge in [-0.25, -0.2) is 9.55 Å². The molecule has 0 spiro atoms. The fourth-order valence-electron chi connectivity index (χ4n) is 16.2. The summed E-state index contributed by atoms with van der Waals surface area (Å²) in [5.41, 5.74) is 36.3. The Morgan fingerprint density at radius 2 is 1.42 bits per heavy atom. The van der Waals surface area contributed by atoms with Crippen molar-refractivity contribution < 1.29 is 106 Å². The molecule has 8 rings (SSSR count). The molecule has 36 nitrogen and oxygen atoms in total. The summed E-state index contributed by atoms with van der Waals surface area (Å²) in [5.74, 6) is -9.72. The molecule has 39 heteroatoms. The third-order valence-corrected chi connectivity index (χ3v) is 24.5. The molecule has 1 aromatic heterocycles. The van der Waals surface area contributed by atoms with Crippen molar-refractivity contribution in [2.45, 2.75) is 189 Å². The third kappa shape index (κ3) is 17.9. The number of nitrogens with two attached hydrogens (primary N) is 6. The Hall–Kier alpha value is -8.11. The molecule has 8 bridgehead atoms. The molecule has 1 aromatic carbocycles. The average Bonchev–Trinajstić information content (AvgIpc) is 1.51. The van der Waals surface area contributed by atoms with Gasteiger partial charge in [0.05, 0.1) is 24.0 Å². The molecular weight excluding hydrogens is 1470 g/mol. The van der Waals surface area contributed by atoms with E-state index in [0.29, 0.717) is 56.4 Å². The van der Waals surface area contributed by atoms with Crippen LogP contribution >= 0.6 is 15.6 Å². The molecule has 0 saturated carbocycles. The van der Waals surface area contributed by atoms with Crippen LogP contribution in [0.5, 0.6) is 0 Å². The van der Waals surface area contributed by atoms with Gasteiger partial charge in [-0.1, -0.05) is 0 Å². The fourth-order valence-corrected chi connectivity index (χ4v) is 19.0. The Labute approximate surface area is 619 Å². The number of carboxylic acid groups (broad SMARTS) is 1. The SMILES string of the molecule is C/C1=C2N=C(/C=C3N=C(/C(C)=C4/[C@@H](CCC(N)=O)[C@](C)(CC(N)=O)[C@](C)([C@@H]5N=C1[C@](C)(CCC(=O)NCC(C)OP(=O)([O-])O[C@H]1[C@@H](O)[C@@H](n6cnc7cc(C)c(C)cc76)O[C@@H]1CO)[C@H]5CC(N)=O)[N]4[Co+][C]#N)[C@@](C)(CC(N)=O)[C@@H]\3CCC(N)=O)C(C)(C)[C@@H]/2CCC(N)=O.CN(CC(=O)O)C(=N)NP(=O)(O)O. The fraction of sp³-hybridized carbons (Fsp3) is 0.612. The summed E-state index contributed by atoms with van der Waals surface area (Å²) in [6.07, 6.45) is -5.38. The minimum absolute atomic E-state index is 0.0111. The van der Waals surface area contributed by atoms with Gasteiger partial charge in [0.2, 0.25) is 0 Å². The molecule has 0 aliphatic carbocycles. The Bertz CT molecular complexity index is 4220. The van der Waals surface area contributed by atoms with E-state index in [0.717, 1.165) is 16.0 Å². The minimum atomic E-state index is -5.35. The van der Waals surface area contributed by atoms with Crippen LogP contribution in [0, 0.1) is 74.9 Å². The predicted molar refractivity (Wildman–Crippen MR) is 379 cm³/mol. The van der Waals surface area contributed by atoms with Gasteiger partial charge in [-0.3, -0.25) is 19.9 Å². The summed E-state index contributed by atoms with van der Waals surface area (Å²) < 4.78 is 44.0. The van der Waals surface area contributed by atoms with Crippen molar-refractivity contribution in [2.75, 3.05) is 26.7 Å². The number of fused-ring (bicyclic) bond motifs is 7. The first kappa shape index (κ1) is 85.1. The first-order chi connectivity index (χ1) is 49.0. The number of aliphatic hydroxyl groups excluding tert-OH is 2. The van der Waals surface area contributed by atoms with Gasteiger partial charge >= 0.3 is 431 Å². The van der Waals surface area contributed by atoms with Gasteiger partial charge in [0.1, 0.15) is 24.9 Å². The number of rotatable bonds is 30. The normalized spacial score (nSPS) is 30.8. The maximum atomic E-state index is 14.5. The topological polar surface area (TPSA) is 612 Å². The number of phosphoric acid groups is 1. The number of imidazole rings is 1. The zero-order valence-electron chi connectivity index (χ0n) is 61.2. The Morgan fingerprint density at radius 1 is 0.830 bits per heavy atom. The second-order valence-corrected chi connectivity index (χ2v) is 33.1. The number of guanidine groups is 1. The number of nitriles is 1. The molecule has 106 heavy (non-hydrogen) atoms. The number of hydrogen-bond donors (Lipinski definition) is 14. The molecule has 15 atom stereocenters. The smallest absolute Gasteiger partial charge is 0.480 e. The van der Waals surface area contributed by atoms with Gasteiger partial charge in [0.25, 0.3) is 7.82 Å². The van der Waals surface area contributed by atoms with Crippen LogP contribution in [0.25, 0.3) is 11.0 Å². The first-order valence-corrected chi connectivity index (χ1v) is 38.2. The van der Waals surface area contributed by atoms with Crippen LogP contribution in [-0.4, -0.2) is 177 Å². The molecule has 7 amide bonds. The predicted octanol–water partition coefficient (Wildman–Crippen LogP) is 1.34. The van der Waals surface area contributed by atoms with E-state index in [2.05, 4.69) is 15.3 Å². The Kier molecular flexibility index (Phi) is 26.3. The van der Waals surface area contributed by atoms with Crippen LogP contribution in [0.4, 0.5) is 0 Å². The standard InChI is InChI=1S/C62H90N13O14P.C4H10N3O5P.CN.Co/c1-29-20-39-40(21-30(29)2)75(28-70-39)57-52(84)53(41(27-76)87-57)89-90(85,86)88-31(3)26-69-49(83)18-19-59(8)37(22-46(66)80)56-62(11)61(10,25-48(68)82)36(14-17-45(65)79)51(74-62)33(5)55-60(9,24-47(67)81)34(12-15-43(63)77)38(71-55)23-42-58(6,7)35(13-16-44(64)78)50(72-42)32(4)54(59)73-56;1-7(2-3(8)9)4(5)6-13(10,11)12;1-2;/h20-21,23,28,31,34-37,41,52-53,56-57,76,84H,12-19,22,24-27H2,1-11H3,(H15,63,64,65,66,67,68,69,71,72,73,74,77,78,79,80,81,82,83,85,86);2H2,1H3,(H,8,9)(H4,5,6,10,11,12);;/q;;;+2/p-2/t31?,34-,35-,36-,37+,41-,52-,53-,56-,57+,59-,60+,61+,62+;;;/m1.../s1. The second-order valence-electron chi connectivity index (χ2n) is 29.5. The van der Waals surface area contributed by atoms with Crippen LogP contribution in [0.15, 0.2) is 67.8 Å². The quantitative estimate of drug-likeness (QED) is 0.0298. The summed E-state index contributed by atoms with van der Waals surface area (Å²) in [7, 11) is -8.65. The summed E-state index contributed by atoms with van der Waals surface area (Å²) in [6, 6.07) is 2.56. The Morgan fingerprint density at radius 3 is 1.96 bits per heavy atom. The van der Waals surface area contributed by atoms with E-state index in [9.17, 15) is 67.9 Å². The summed E-state index contributed by atoms with van der Waals surface area (Å²) in [4.78, 5) is 157. The summed E-state index contributed by atoms with van der Waals surface area (Å²) >= 11 is 0.0230. The number of carbonyl (C=O) groups excluding carboxylic acids is 7. The molecule has 2 aromatic rings. The van der Waals surface area contributed by atoms with Crippen LogP contribution in [0.1, 0.15) is 150 Å². The number of phosphoric ester groups is 1. The van der Waals surface area contributed by atoms with Gasteiger partial charge < -0.3 is 48.7 Å². The van der Waals surface area contributed by atoms with Gasteiger partial charge in [-0.15, -0.1) is 0 Å². The number of primary amides is 6. The van der Waals surface area contributed by atoms with E-state index in [1.807, 2.05) is 53.7 Å². The molecule has 2 saturated heterocycles. The molecule has 584 valence electrons. The third-order valence-electron chi connectivity index (χ3n) is 21.8. The molecule has 2 unspecified atom stereocenters. The number of hydrogen-bond acceptors (Lipinski definition) is 23. The van der Waals surface area contributed by atoms with Crippen LogP contribution in [-0.2, 0) is 76.2 Å². The number of ether oxygens (including phenoxy) is 1. The van der Waals surface area contributed by atoms with Gasteiger partial charge in [0.15, 0.2) is 12.2 Å². The number of nitrogens with one attached hydrogen (secondary N) is 3. The van der Waals surface area contributed by atoms with E-state index in [1.165, 1.54) is 30.0 Å². The zero-order chi connectivity index (χ0) is 79.6. The maximum absolute atomic E-state index is 14.5. The van der Waals surface area contributed by atoms with E-state index in [1.54, 1.807) is 37.7 Å². The number of aromatic nitrogens is 2. The van der Waals surface area contributed by atoms with Crippen LogP contribution in [0.2, 0.25) is 0 Å². The first-order valence-electron chi connectivity index (χ1n) is 34.1. The number of aliphatic hydroxyl groups is 2. The van der Waals surface area contributed by atoms with E-state index in [4.69, 9.17) is 83.5 Å². The van der Waals surface area contributed by atoms with Crippen LogP contribution < -0.4 is 49.7 Å². The number of nitrogens with zero attached hydrogens (tertiary/aromatic N) is 8. The number of aliphatic imine (C=N–C) groups is 3. The molecular formula is C67H98CoN17O19P2. The summed E-state index contributed by atoms with van der Waals surface area (Å²) in [5, 5.41) is 54.7. The number of likely N-dealkylation sites (N-methyl/N-ethyl adjacent to an activating group) is 1. The van der Waals surface area contributed by atoms with E-state index >= 15 is 0 Å². The van der Waals surface area contributed by atoms with Crippen molar-refractivity contribution in [1.29, 1.82) is 10.7 Å². The minimum Gasteiger partial charge on any atom is -0.480 e. The number of allylic oxidation sites excluding steroid dienone is 6. The number of aryl methyl sites for hydroxylation is 2. The van der Waals surface area contributed by atoms with Crippen molar-refractivity contribution in [2.24, 2.45) is 94.7 Å². The second kappa shape index (κ2) is 32.8. The number of benzene rings is 1. The summed E-state index contributed by atoms with van der Waals surface area (Å²) in [6.45, 7) is 18.3. The van der Waals surface area contributed by atoms with Crippen molar-refractivity contribution >= 4 is 97.0 Å². The molecule has 7 heterocycles. The van der Waals surface area contributed by atoms with E-state index in [-0.39, 0.29) is 92.1 Å². The van der Waals surface area contributed by atoms with Crippen molar-refractivity contribution in [3.05, 3.63) is 63.9 Å². The van der Waals surface area contributed by atoms with Gasteiger partial charge in [0, 0.05) is 7.05 Å². The molecule has 2 fully saturated rings. The molecule has 0 radical (unpaired) electrons. The van der Waals surface area contributed by atoms with Crippen molar-refractivity contribution in [1.82, 2.24) is 28.8 Å².